The van der Waals surface area contributed by atoms with Crippen molar-refractivity contribution in [2.45, 2.75) is 38.5 Å². The Kier molecular flexibility index (Phi) is 7.97. The maximum atomic E-state index is 12.3. The number of methoxy groups -OCH3 is 2. The molecule has 8 nitrogen and oxygen atoms in total. The van der Waals surface area contributed by atoms with Gasteiger partial charge in [0.25, 0.3) is 5.91 Å². The van der Waals surface area contributed by atoms with Crippen molar-refractivity contribution in [1.29, 1.82) is 0 Å². The summed E-state index contributed by atoms with van der Waals surface area (Å²) in [5, 5.41) is 0.781. The monoisotopic (exact) mass is 483 g/mol. The summed E-state index contributed by atoms with van der Waals surface area (Å²) in [7, 11) is 3.16. The summed E-state index contributed by atoms with van der Waals surface area (Å²) < 4.78 is 34.4. The summed E-state index contributed by atoms with van der Waals surface area (Å²) in [6.07, 6.45) is 7.82. The van der Waals surface area contributed by atoms with Gasteiger partial charge in [-0.05, 0) is 48.7 Å². The maximum Gasteiger partial charge on any atom is 0.263 e. The SMILES string of the molecule is COc1cc2nccc(Oc3ccc(N[S+]([O-])NC(=O)CCC4CCCC4)cc3)c2cc1OC. The van der Waals surface area contributed by atoms with Gasteiger partial charge in [-0.1, -0.05) is 25.7 Å². The van der Waals surface area contributed by atoms with E-state index in [4.69, 9.17) is 14.2 Å². The molecule has 1 saturated carbocycles. The molecule has 1 unspecified atom stereocenters. The van der Waals surface area contributed by atoms with Gasteiger partial charge in [-0.3, -0.25) is 9.78 Å². The molecule has 4 rings (SSSR count). The molecule has 34 heavy (non-hydrogen) atoms. The average molecular weight is 484 g/mol. The Morgan fingerprint density at radius 2 is 1.76 bits per heavy atom. The summed E-state index contributed by atoms with van der Waals surface area (Å²) >= 11 is -1.70. The van der Waals surface area contributed by atoms with Crippen molar-refractivity contribution in [3.63, 3.8) is 0 Å². The first kappa shape index (κ1) is 24.0. The quantitative estimate of drug-likeness (QED) is 0.386. The number of carbonyl (C=O) groups is 1. The molecule has 1 aliphatic rings. The van der Waals surface area contributed by atoms with Gasteiger partial charge in [0.2, 0.25) is 0 Å². The van der Waals surface area contributed by atoms with Gasteiger partial charge in [0.05, 0.1) is 25.4 Å². The van der Waals surface area contributed by atoms with Crippen LogP contribution in [0.2, 0.25) is 0 Å². The van der Waals surface area contributed by atoms with Gasteiger partial charge in [0.15, 0.2) is 23.0 Å². The van der Waals surface area contributed by atoms with Crippen molar-refractivity contribution >= 4 is 34.0 Å². The molecule has 1 aliphatic carbocycles. The molecule has 180 valence electrons. The number of rotatable bonds is 10. The third kappa shape index (κ3) is 6.03. The molecule has 1 aromatic heterocycles. The Morgan fingerprint density at radius 3 is 2.47 bits per heavy atom. The molecular weight excluding hydrogens is 454 g/mol. The normalized spacial score (nSPS) is 14.6. The maximum absolute atomic E-state index is 12.3. The van der Waals surface area contributed by atoms with E-state index in [0.717, 1.165) is 11.8 Å². The van der Waals surface area contributed by atoms with Gasteiger partial charge < -0.3 is 18.8 Å². The second kappa shape index (κ2) is 11.3. The molecule has 1 atom stereocenters. The van der Waals surface area contributed by atoms with Crippen LogP contribution in [0.4, 0.5) is 5.69 Å². The number of amides is 1. The highest BCUT2D eigenvalue weighted by molar-refractivity contribution is 7.91. The highest BCUT2D eigenvalue weighted by Crippen LogP contribution is 2.37. The number of nitrogens with zero attached hydrogens (tertiary/aromatic N) is 1. The van der Waals surface area contributed by atoms with Crippen LogP contribution in [-0.4, -0.2) is 29.7 Å². The van der Waals surface area contributed by atoms with Crippen LogP contribution in [0.25, 0.3) is 10.9 Å². The van der Waals surface area contributed by atoms with E-state index in [2.05, 4.69) is 14.4 Å². The number of benzene rings is 2. The standard InChI is InChI=1S/C25H29N3O5S/c1-31-23-15-20-21(16-24(23)32-2)26-14-13-22(20)33-19-10-8-18(9-11-19)27-34(30)28-25(29)12-7-17-5-3-4-6-17/h8-11,13-17,27H,3-7,12H2,1-2H3,(H,28,29). The molecule has 0 radical (unpaired) electrons. The zero-order valence-corrected chi connectivity index (χ0v) is 20.2. The molecule has 1 heterocycles. The molecule has 0 aliphatic heterocycles. The second-order valence-electron chi connectivity index (χ2n) is 8.25. The first-order valence-corrected chi connectivity index (χ1v) is 12.5. The fourth-order valence-corrected chi connectivity index (χ4v) is 4.89. The van der Waals surface area contributed by atoms with Crippen LogP contribution in [0.3, 0.4) is 0 Å². The zero-order valence-electron chi connectivity index (χ0n) is 19.3. The van der Waals surface area contributed by atoms with E-state index >= 15 is 0 Å². The Labute approximate surface area is 202 Å². The van der Waals surface area contributed by atoms with Crippen molar-refractivity contribution < 1.29 is 23.6 Å². The van der Waals surface area contributed by atoms with Crippen LogP contribution in [0, 0.1) is 5.92 Å². The van der Waals surface area contributed by atoms with E-state index in [1.807, 2.05) is 6.07 Å². The molecular formula is C25H29N3O5S. The topological polar surface area (TPSA) is 105 Å². The fourth-order valence-electron chi connectivity index (χ4n) is 4.18. The average Bonchev–Trinajstić information content (AvgIpc) is 3.37. The number of carbonyl (C=O) groups excluding carboxylic acids is 1. The van der Waals surface area contributed by atoms with Gasteiger partial charge in [0, 0.05) is 24.1 Å². The summed E-state index contributed by atoms with van der Waals surface area (Å²) in [5.74, 6) is 2.81. The highest BCUT2D eigenvalue weighted by atomic mass is 32.2. The number of nitrogens with one attached hydrogen (secondary N) is 2. The number of hydrogen-bond donors (Lipinski definition) is 2. The smallest absolute Gasteiger partial charge is 0.263 e. The Balaban J connectivity index is 1.35. The second-order valence-corrected chi connectivity index (χ2v) is 9.19. The summed E-state index contributed by atoms with van der Waals surface area (Å²) in [5.41, 5.74) is 1.32. The molecule has 0 saturated heterocycles. The van der Waals surface area contributed by atoms with E-state index in [-0.39, 0.29) is 5.91 Å². The molecule has 0 bridgehead atoms. The molecule has 1 amide bonds. The van der Waals surface area contributed by atoms with Crippen molar-refractivity contribution in [2.75, 3.05) is 18.9 Å². The first-order valence-electron chi connectivity index (χ1n) is 11.3. The van der Waals surface area contributed by atoms with E-state index in [1.54, 1.807) is 56.8 Å². The predicted octanol–water partition coefficient (Wildman–Crippen LogP) is 5.12. The Bertz CT molecular complexity index is 1120. The van der Waals surface area contributed by atoms with Crippen LogP contribution in [0.5, 0.6) is 23.0 Å². The number of fused-ring (bicyclic) bond motifs is 1. The summed E-state index contributed by atoms with van der Waals surface area (Å²) in [6, 6.07) is 12.4. The number of pyridine rings is 1. The molecule has 1 fully saturated rings. The molecule has 2 aromatic carbocycles. The first-order chi connectivity index (χ1) is 16.6. The lowest BCUT2D eigenvalue weighted by atomic mass is 10.0. The molecule has 2 N–H and O–H groups in total. The minimum absolute atomic E-state index is 0.200. The lowest BCUT2D eigenvalue weighted by Crippen LogP contribution is -2.35. The number of ether oxygens (including phenoxy) is 3. The van der Waals surface area contributed by atoms with Crippen molar-refractivity contribution in [3.05, 3.63) is 48.7 Å². The third-order valence-corrected chi connectivity index (χ3v) is 6.79. The van der Waals surface area contributed by atoms with Crippen LogP contribution >= 0.6 is 0 Å². The van der Waals surface area contributed by atoms with E-state index in [1.165, 1.54) is 25.7 Å². The Hall–Kier alpha value is -3.17. The molecule has 3 aromatic rings. The van der Waals surface area contributed by atoms with Crippen molar-refractivity contribution in [1.82, 2.24) is 9.71 Å². The third-order valence-electron chi connectivity index (χ3n) is 5.96. The van der Waals surface area contributed by atoms with Crippen LogP contribution < -0.4 is 23.7 Å². The largest absolute Gasteiger partial charge is 0.568 e. The molecule has 9 heteroatoms. The van der Waals surface area contributed by atoms with Gasteiger partial charge >= 0.3 is 0 Å². The Morgan fingerprint density at radius 1 is 1.06 bits per heavy atom. The predicted molar refractivity (Wildman–Crippen MR) is 132 cm³/mol. The van der Waals surface area contributed by atoms with Gasteiger partial charge in [-0.15, -0.1) is 4.72 Å². The highest BCUT2D eigenvalue weighted by Gasteiger charge is 2.19. The number of aromatic nitrogens is 1. The number of anilines is 1. The van der Waals surface area contributed by atoms with E-state index in [0.29, 0.717) is 46.5 Å². The van der Waals surface area contributed by atoms with E-state index < -0.39 is 11.5 Å². The van der Waals surface area contributed by atoms with Gasteiger partial charge in [-0.25, -0.2) is 0 Å². The lowest BCUT2D eigenvalue weighted by molar-refractivity contribution is -0.119. The van der Waals surface area contributed by atoms with Crippen molar-refractivity contribution in [3.8, 4) is 23.0 Å². The van der Waals surface area contributed by atoms with Crippen LogP contribution in [-0.2, 0) is 16.3 Å². The van der Waals surface area contributed by atoms with Crippen LogP contribution in [0.1, 0.15) is 38.5 Å². The zero-order chi connectivity index (χ0) is 23.9. The van der Waals surface area contributed by atoms with Gasteiger partial charge in [-0.2, -0.15) is 4.72 Å². The van der Waals surface area contributed by atoms with Gasteiger partial charge in [0.1, 0.15) is 11.5 Å². The minimum atomic E-state index is -1.70. The summed E-state index contributed by atoms with van der Waals surface area (Å²) in [4.78, 5) is 16.4. The number of hydrogen-bond acceptors (Lipinski definition) is 7. The van der Waals surface area contributed by atoms with Crippen LogP contribution in [0.15, 0.2) is 48.7 Å². The molecule has 0 spiro atoms. The van der Waals surface area contributed by atoms with E-state index in [9.17, 15) is 9.35 Å². The summed E-state index contributed by atoms with van der Waals surface area (Å²) in [6.45, 7) is 0. The fraction of sp³-hybridized carbons (Fsp3) is 0.360. The minimum Gasteiger partial charge on any atom is -0.568 e. The van der Waals surface area contributed by atoms with Crippen molar-refractivity contribution in [2.24, 2.45) is 5.92 Å². The lowest BCUT2D eigenvalue weighted by Gasteiger charge is -2.14.